The van der Waals surface area contributed by atoms with Gasteiger partial charge in [-0.25, -0.2) is 0 Å². The number of rotatable bonds is 5. The Balaban J connectivity index is 1.37. The van der Waals surface area contributed by atoms with Gasteiger partial charge in [0.25, 0.3) is 0 Å². The first-order valence-corrected chi connectivity index (χ1v) is 10.7. The van der Waals surface area contributed by atoms with Crippen LogP contribution in [0.4, 0.5) is 0 Å². The van der Waals surface area contributed by atoms with Crippen molar-refractivity contribution in [1.82, 2.24) is 15.5 Å². The number of carbonyl (C=O) groups is 1. The molecule has 28 heavy (non-hydrogen) atoms. The van der Waals surface area contributed by atoms with E-state index in [0.717, 1.165) is 44.7 Å². The Morgan fingerprint density at radius 3 is 2.43 bits per heavy atom. The molecule has 2 fully saturated rings. The van der Waals surface area contributed by atoms with Crippen LogP contribution in [0.15, 0.2) is 40.9 Å². The zero-order valence-electron chi connectivity index (χ0n) is 17.1. The Morgan fingerprint density at radius 2 is 1.75 bits per heavy atom. The molecule has 1 aliphatic carbocycles. The Morgan fingerprint density at radius 1 is 1.07 bits per heavy atom. The molecule has 5 heteroatoms. The largest absolute Gasteiger partial charge is 0.354 e. The minimum atomic E-state index is 0.227. The Kier molecular flexibility index (Phi) is 7.94. The van der Waals surface area contributed by atoms with Gasteiger partial charge in [-0.1, -0.05) is 61.2 Å². The fraction of sp³-hybridized carbons (Fsp3) is 0.565. The highest BCUT2D eigenvalue weighted by molar-refractivity contribution is 5.80. The highest BCUT2D eigenvalue weighted by Crippen LogP contribution is 2.23. The predicted octanol–water partition coefficient (Wildman–Crippen LogP) is 3.44. The van der Waals surface area contributed by atoms with Crippen LogP contribution in [0.3, 0.4) is 0 Å². The summed E-state index contributed by atoms with van der Waals surface area (Å²) in [5.41, 5.74) is 2.78. The van der Waals surface area contributed by atoms with Crippen LogP contribution < -0.4 is 10.6 Å². The van der Waals surface area contributed by atoms with Crippen LogP contribution in [0.5, 0.6) is 0 Å². The van der Waals surface area contributed by atoms with Gasteiger partial charge in [0, 0.05) is 39.1 Å². The number of carbonyl (C=O) groups excluding carboxylic acids is 1. The van der Waals surface area contributed by atoms with E-state index in [2.05, 4.69) is 56.9 Å². The van der Waals surface area contributed by atoms with E-state index in [1.54, 1.807) is 0 Å². The Bertz CT molecular complexity index is 667. The molecule has 0 bridgehead atoms. The molecular weight excluding hydrogens is 348 g/mol. The van der Waals surface area contributed by atoms with E-state index in [4.69, 9.17) is 0 Å². The number of nitrogens with one attached hydrogen (secondary N) is 2. The van der Waals surface area contributed by atoms with Crippen LogP contribution in [0.25, 0.3) is 6.08 Å². The molecule has 3 rings (SSSR count). The molecule has 1 saturated heterocycles. The quantitative estimate of drug-likeness (QED) is 0.466. The SMILES string of the molecule is CN=C(NCCNC(=O)C1CCCCC1)N1CCC(=Cc2ccccc2)CC1. The van der Waals surface area contributed by atoms with Crippen molar-refractivity contribution in [3.63, 3.8) is 0 Å². The van der Waals surface area contributed by atoms with Gasteiger partial charge in [0.2, 0.25) is 5.91 Å². The standard InChI is InChI=1S/C23H34N4O/c1-24-23(26-15-14-25-22(28)21-10-6-3-7-11-21)27-16-12-20(13-17-27)18-19-8-4-2-5-9-19/h2,4-5,8-9,18,21H,3,6-7,10-17H2,1H3,(H,24,26)(H,25,28). The number of aliphatic imine (C=N–C) groups is 1. The first kappa shape index (κ1) is 20.4. The number of guanidine groups is 1. The highest BCUT2D eigenvalue weighted by atomic mass is 16.1. The molecule has 2 aliphatic rings. The van der Waals surface area contributed by atoms with E-state index in [1.807, 2.05) is 7.05 Å². The van der Waals surface area contributed by atoms with E-state index < -0.39 is 0 Å². The molecule has 152 valence electrons. The highest BCUT2D eigenvalue weighted by Gasteiger charge is 2.21. The summed E-state index contributed by atoms with van der Waals surface area (Å²) in [7, 11) is 1.83. The summed E-state index contributed by atoms with van der Waals surface area (Å²) < 4.78 is 0. The summed E-state index contributed by atoms with van der Waals surface area (Å²) in [6.45, 7) is 3.33. The molecule has 5 nitrogen and oxygen atoms in total. The molecule has 0 spiro atoms. The summed E-state index contributed by atoms with van der Waals surface area (Å²) in [6, 6.07) is 10.5. The number of nitrogens with zero attached hydrogens (tertiary/aromatic N) is 2. The van der Waals surface area contributed by atoms with Gasteiger partial charge in [-0.15, -0.1) is 0 Å². The minimum Gasteiger partial charge on any atom is -0.354 e. The lowest BCUT2D eigenvalue weighted by atomic mass is 9.89. The molecule has 1 aliphatic heterocycles. The lowest BCUT2D eigenvalue weighted by molar-refractivity contribution is -0.125. The third kappa shape index (κ3) is 6.11. The van der Waals surface area contributed by atoms with Crippen LogP contribution in [0.2, 0.25) is 0 Å². The zero-order valence-corrected chi connectivity index (χ0v) is 17.1. The monoisotopic (exact) mass is 382 g/mol. The number of benzene rings is 1. The van der Waals surface area contributed by atoms with Crippen molar-refractivity contribution in [2.75, 3.05) is 33.2 Å². The molecule has 0 unspecified atom stereocenters. The second-order valence-electron chi connectivity index (χ2n) is 7.80. The van der Waals surface area contributed by atoms with E-state index in [9.17, 15) is 4.79 Å². The van der Waals surface area contributed by atoms with Crippen molar-refractivity contribution >= 4 is 17.9 Å². The fourth-order valence-corrected chi connectivity index (χ4v) is 4.14. The summed E-state index contributed by atoms with van der Waals surface area (Å²) in [5, 5.41) is 6.49. The van der Waals surface area contributed by atoms with Crippen LogP contribution in [0.1, 0.15) is 50.5 Å². The Hall–Kier alpha value is -2.30. The molecule has 1 amide bonds. The van der Waals surface area contributed by atoms with Crippen LogP contribution >= 0.6 is 0 Å². The number of hydrogen-bond acceptors (Lipinski definition) is 2. The number of hydrogen-bond donors (Lipinski definition) is 2. The van der Waals surface area contributed by atoms with Gasteiger partial charge in [-0.2, -0.15) is 0 Å². The zero-order chi connectivity index (χ0) is 19.6. The third-order valence-electron chi connectivity index (χ3n) is 5.77. The van der Waals surface area contributed by atoms with E-state index in [0.29, 0.717) is 13.1 Å². The van der Waals surface area contributed by atoms with E-state index in [1.165, 1.54) is 30.4 Å². The van der Waals surface area contributed by atoms with Crippen LogP contribution in [-0.2, 0) is 4.79 Å². The van der Waals surface area contributed by atoms with Gasteiger partial charge < -0.3 is 15.5 Å². The van der Waals surface area contributed by atoms with E-state index in [-0.39, 0.29) is 11.8 Å². The van der Waals surface area contributed by atoms with Crippen molar-refractivity contribution in [3.8, 4) is 0 Å². The van der Waals surface area contributed by atoms with Gasteiger partial charge >= 0.3 is 0 Å². The normalized spacial score (nSPS) is 18.7. The second-order valence-corrected chi connectivity index (χ2v) is 7.80. The first-order valence-electron chi connectivity index (χ1n) is 10.7. The molecule has 1 saturated carbocycles. The van der Waals surface area contributed by atoms with Crippen molar-refractivity contribution in [1.29, 1.82) is 0 Å². The second kappa shape index (κ2) is 10.9. The molecule has 0 atom stereocenters. The molecule has 0 aromatic heterocycles. The maximum absolute atomic E-state index is 12.2. The summed E-state index contributed by atoms with van der Waals surface area (Å²) >= 11 is 0. The average Bonchev–Trinajstić information content (AvgIpc) is 2.76. The number of amides is 1. The fourth-order valence-electron chi connectivity index (χ4n) is 4.14. The van der Waals surface area contributed by atoms with E-state index >= 15 is 0 Å². The predicted molar refractivity (Wildman–Crippen MR) is 116 cm³/mol. The molecular formula is C23H34N4O. The topological polar surface area (TPSA) is 56.7 Å². The third-order valence-corrected chi connectivity index (χ3v) is 5.77. The summed E-state index contributed by atoms with van der Waals surface area (Å²) in [5.74, 6) is 1.39. The van der Waals surface area contributed by atoms with Gasteiger partial charge in [0.15, 0.2) is 5.96 Å². The van der Waals surface area contributed by atoms with Gasteiger partial charge in [0.05, 0.1) is 0 Å². The number of likely N-dealkylation sites (tertiary alicyclic amines) is 1. The van der Waals surface area contributed by atoms with Gasteiger partial charge in [-0.05, 0) is 31.2 Å². The lowest BCUT2D eigenvalue weighted by Crippen LogP contribution is -2.46. The van der Waals surface area contributed by atoms with Crippen LogP contribution in [-0.4, -0.2) is 50.0 Å². The summed E-state index contributed by atoms with van der Waals surface area (Å²) in [6.07, 6.45) is 10.2. The average molecular weight is 383 g/mol. The lowest BCUT2D eigenvalue weighted by Gasteiger charge is -2.31. The maximum Gasteiger partial charge on any atom is 0.223 e. The van der Waals surface area contributed by atoms with Crippen molar-refractivity contribution in [2.24, 2.45) is 10.9 Å². The minimum absolute atomic E-state index is 0.227. The number of piperidine rings is 1. The summed E-state index contributed by atoms with van der Waals surface area (Å²) in [4.78, 5) is 19.0. The van der Waals surface area contributed by atoms with Crippen molar-refractivity contribution in [2.45, 2.75) is 44.9 Å². The van der Waals surface area contributed by atoms with Crippen LogP contribution in [0, 0.1) is 5.92 Å². The molecule has 2 N–H and O–H groups in total. The maximum atomic E-state index is 12.2. The Labute approximate surface area is 169 Å². The van der Waals surface area contributed by atoms with Gasteiger partial charge in [-0.3, -0.25) is 9.79 Å². The molecule has 1 heterocycles. The molecule has 1 aromatic carbocycles. The first-order chi connectivity index (χ1) is 13.8. The van der Waals surface area contributed by atoms with Crippen molar-refractivity contribution < 1.29 is 4.79 Å². The van der Waals surface area contributed by atoms with Crippen molar-refractivity contribution in [3.05, 3.63) is 41.5 Å². The smallest absolute Gasteiger partial charge is 0.223 e. The molecule has 0 radical (unpaired) electrons. The molecule has 1 aromatic rings. The van der Waals surface area contributed by atoms with Gasteiger partial charge in [0.1, 0.15) is 0 Å².